The fourth-order valence-electron chi connectivity index (χ4n) is 3.31. The third-order valence-electron chi connectivity index (χ3n) is 4.98. The lowest BCUT2D eigenvalue weighted by Gasteiger charge is -2.08. The topological polar surface area (TPSA) is 71.9 Å². The summed E-state index contributed by atoms with van der Waals surface area (Å²) in [5.74, 6) is -0.127. The molecule has 0 unspecified atom stereocenters. The SMILES string of the molecule is COCCn1ncc2ccc(NC(=O)c3ccc4[nH]c(C)c(C)c4c3)cc21. The molecule has 0 radical (unpaired) electrons. The molecule has 0 aliphatic heterocycles. The normalized spacial score (nSPS) is 11.4. The molecule has 6 heteroatoms. The van der Waals surface area contributed by atoms with E-state index in [4.69, 9.17) is 4.74 Å². The number of carbonyl (C=O) groups excluding carboxylic acids is 1. The van der Waals surface area contributed by atoms with Gasteiger partial charge in [0.2, 0.25) is 0 Å². The number of hydrogen-bond donors (Lipinski definition) is 2. The Morgan fingerprint density at radius 3 is 2.89 bits per heavy atom. The van der Waals surface area contributed by atoms with Gasteiger partial charge in [0.25, 0.3) is 5.91 Å². The Kier molecular flexibility index (Phi) is 4.41. The van der Waals surface area contributed by atoms with Crippen molar-refractivity contribution in [2.45, 2.75) is 20.4 Å². The maximum atomic E-state index is 12.7. The van der Waals surface area contributed by atoms with Gasteiger partial charge in [-0.1, -0.05) is 0 Å². The molecule has 0 saturated carbocycles. The standard InChI is InChI=1S/C21H22N4O2/c1-13-14(2)23-19-7-5-15(10-18(13)19)21(26)24-17-6-4-16-12-22-25(8-9-27-3)20(16)11-17/h4-7,10-12,23H,8-9H2,1-3H3,(H,24,26). The molecule has 2 heterocycles. The Morgan fingerprint density at radius 1 is 1.22 bits per heavy atom. The molecule has 2 N–H and O–H groups in total. The van der Waals surface area contributed by atoms with Gasteiger partial charge < -0.3 is 15.0 Å². The van der Waals surface area contributed by atoms with Crippen LogP contribution < -0.4 is 5.32 Å². The lowest BCUT2D eigenvalue weighted by Crippen LogP contribution is -2.12. The smallest absolute Gasteiger partial charge is 0.255 e. The maximum absolute atomic E-state index is 12.7. The fourth-order valence-corrected chi connectivity index (χ4v) is 3.31. The molecule has 0 fully saturated rings. The lowest BCUT2D eigenvalue weighted by atomic mass is 10.1. The van der Waals surface area contributed by atoms with Crippen LogP contribution in [-0.2, 0) is 11.3 Å². The van der Waals surface area contributed by atoms with E-state index < -0.39 is 0 Å². The van der Waals surface area contributed by atoms with Gasteiger partial charge in [-0.3, -0.25) is 9.48 Å². The number of nitrogens with zero attached hydrogens (tertiary/aromatic N) is 2. The summed E-state index contributed by atoms with van der Waals surface area (Å²) in [5.41, 5.74) is 5.69. The molecule has 2 aromatic carbocycles. The molecule has 27 heavy (non-hydrogen) atoms. The first kappa shape index (κ1) is 17.3. The number of carbonyl (C=O) groups is 1. The van der Waals surface area contributed by atoms with Crippen molar-refractivity contribution in [3.63, 3.8) is 0 Å². The van der Waals surface area contributed by atoms with Crippen molar-refractivity contribution in [1.29, 1.82) is 0 Å². The summed E-state index contributed by atoms with van der Waals surface area (Å²) in [6, 6.07) is 11.5. The molecule has 6 nitrogen and oxygen atoms in total. The van der Waals surface area contributed by atoms with Crippen molar-refractivity contribution >= 4 is 33.4 Å². The zero-order valence-corrected chi connectivity index (χ0v) is 15.7. The molecule has 4 aromatic rings. The predicted octanol–water partition coefficient (Wildman–Crippen LogP) is 4.03. The van der Waals surface area contributed by atoms with Gasteiger partial charge in [-0.15, -0.1) is 0 Å². The molecule has 4 rings (SSSR count). The molecule has 0 saturated heterocycles. The average molecular weight is 362 g/mol. The zero-order valence-electron chi connectivity index (χ0n) is 15.7. The summed E-state index contributed by atoms with van der Waals surface area (Å²) in [6.45, 7) is 5.35. The van der Waals surface area contributed by atoms with Crippen LogP contribution in [0.2, 0.25) is 0 Å². The molecular formula is C21H22N4O2. The summed E-state index contributed by atoms with van der Waals surface area (Å²) in [5, 5.41) is 9.48. The van der Waals surface area contributed by atoms with Gasteiger partial charge in [0, 0.05) is 40.3 Å². The molecule has 138 valence electrons. The van der Waals surface area contributed by atoms with E-state index in [2.05, 4.69) is 22.3 Å². The van der Waals surface area contributed by atoms with Crippen LogP contribution in [0.25, 0.3) is 21.8 Å². The first-order valence-electron chi connectivity index (χ1n) is 8.91. The summed E-state index contributed by atoms with van der Waals surface area (Å²) in [4.78, 5) is 16.1. The van der Waals surface area contributed by atoms with E-state index >= 15 is 0 Å². The average Bonchev–Trinajstić information content (AvgIpc) is 3.20. The van der Waals surface area contributed by atoms with Crippen molar-refractivity contribution in [2.24, 2.45) is 0 Å². The minimum absolute atomic E-state index is 0.127. The van der Waals surface area contributed by atoms with Crippen LogP contribution in [-0.4, -0.2) is 34.4 Å². The number of methoxy groups -OCH3 is 1. The van der Waals surface area contributed by atoms with Crippen LogP contribution in [0.1, 0.15) is 21.6 Å². The number of aryl methyl sites for hydroxylation is 2. The first-order valence-corrected chi connectivity index (χ1v) is 8.91. The molecular weight excluding hydrogens is 340 g/mol. The second kappa shape index (κ2) is 6.89. The number of amides is 1. The Morgan fingerprint density at radius 2 is 2.07 bits per heavy atom. The molecule has 0 aliphatic rings. The van der Waals surface area contributed by atoms with Crippen LogP contribution in [0.4, 0.5) is 5.69 Å². The largest absolute Gasteiger partial charge is 0.383 e. The molecule has 1 amide bonds. The fraction of sp³-hybridized carbons (Fsp3) is 0.238. The van der Waals surface area contributed by atoms with Crippen LogP contribution in [0, 0.1) is 13.8 Å². The van der Waals surface area contributed by atoms with Gasteiger partial charge >= 0.3 is 0 Å². The maximum Gasteiger partial charge on any atom is 0.255 e. The van der Waals surface area contributed by atoms with Crippen molar-refractivity contribution in [2.75, 3.05) is 19.0 Å². The third kappa shape index (κ3) is 3.19. The highest BCUT2D eigenvalue weighted by atomic mass is 16.5. The number of benzene rings is 2. The summed E-state index contributed by atoms with van der Waals surface area (Å²) >= 11 is 0. The van der Waals surface area contributed by atoms with Gasteiger partial charge in [-0.25, -0.2) is 0 Å². The van der Waals surface area contributed by atoms with Crippen molar-refractivity contribution in [3.8, 4) is 0 Å². The van der Waals surface area contributed by atoms with Crippen LogP contribution >= 0.6 is 0 Å². The number of hydrogen-bond acceptors (Lipinski definition) is 3. The van der Waals surface area contributed by atoms with Gasteiger partial charge in [-0.2, -0.15) is 5.10 Å². The third-order valence-corrected chi connectivity index (χ3v) is 4.98. The number of aromatic amines is 1. The van der Waals surface area contributed by atoms with E-state index in [0.717, 1.165) is 33.2 Å². The quantitative estimate of drug-likeness (QED) is 0.563. The number of anilines is 1. The summed E-state index contributed by atoms with van der Waals surface area (Å²) in [7, 11) is 1.67. The molecule has 0 atom stereocenters. The highest BCUT2D eigenvalue weighted by Gasteiger charge is 2.11. The van der Waals surface area contributed by atoms with Crippen molar-refractivity contribution in [3.05, 3.63) is 59.4 Å². The van der Waals surface area contributed by atoms with E-state index in [0.29, 0.717) is 18.7 Å². The lowest BCUT2D eigenvalue weighted by molar-refractivity contribution is 0.102. The van der Waals surface area contributed by atoms with E-state index in [1.165, 1.54) is 5.56 Å². The monoisotopic (exact) mass is 362 g/mol. The van der Waals surface area contributed by atoms with Gasteiger partial charge in [0.1, 0.15) is 0 Å². The van der Waals surface area contributed by atoms with Crippen LogP contribution in [0.15, 0.2) is 42.6 Å². The Balaban J connectivity index is 1.61. The summed E-state index contributed by atoms with van der Waals surface area (Å²) in [6.07, 6.45) is 1.82. The number of nitrogens with one attached hydrogen (secondary N) is 2. The Labute approximate surface area is 157 Å². The minimum Gasteiger partial charge on any atom is -0.383 e. The number of rotatable bonds is 5. The van der Waals surface area contributed by atoms with Crippen LogP contribution in [0.5, 0.6) is 0 Å². The van der Waals surface area contributed by atoms with E-state index in [9.17, 15) is 4.79 Å². The molecule has 2 aromatic heterocycles. The van der Waals surface area contributed by atoms with Gasteiger partial charge in [0.15, 0.2) is 0 Å². The van der Waals surface area contributed by atoms with Crippen molar-refractivity contribution in [1.82, 2.24) is 14.8 Å². The predicted molar refractivity (Wildman–Crippen MR) is 107 cm³/mol. The van der Waals surface area contributed by atoms with E-state index in [1.54, 1.807) is 7.11 Å². The molecule has 0 aliphatic carbocycles. The Bertz CT molecular complexity index is 1140. The van der Waals surface area contributed by atoms with Crippen molar-refractivity contribution < 1.29 is 9.53 Å². The second-order valence-corrected chi connectivity index (χ2v) is 6.72. The summed E-state index contributed by atoms with van der Waals surface area (Å²) < 4.78 is 7.01. The number of ether oxygens (including phenoxy) is 1. The first-order chi connectivity index (χ1) is 13.1. The highest BCUT2D eigenvalue weighted by molar-refractivity contribution is 6.07. The van der Waals surface area contributed by atoms with Crippen LogP contribution in [0.3, 0.4) is 0 Å². The Hall–Kier alpha value is -3.12. The molecule has 0 bridgehead atoms. The second-order valence-electron chi connectivity index (χ2n) is 6.72. The molecule has 0 spiro atoms. The highest BCUT2D eigenvalue weighted by Crippen LogP contribution is 2.24. The van der Waals surface area contributed by atoms with Gasteiger partial charge in [-0.05, 0) is 55.8 Å². The zero-order chi connectivity index (χ0) is 19.0. The minimum atomic E-state index is -0.127. The number of fused-ring (bicyclic) bond motifs is 2. The number of aromatic nitrogens is 3. The van der Waals surface area contributed by atoms with E-state index in [1.807, 2.05) is 54.2 Å². The van der Waals surface area contributed by atoms with Gasteiger partial charge in [0.05, 0.1) is 24.9 Å². The van der Waals surface area contributed by atoms with E-state index in [-0.39, 0.29) is 5.91 Å². The number of H-pyrrole nitrogens is 1.